The van der Waals surface area contributed by atoms with Gasteiger partial charge in [0, 0.05) is 21.8 Å². The third-order valence-corrected chi connectivity index (χ3v) is 7.66. The summed E-state index contributed by atoms with van der Waals surface area (Å²) >= 11 is 1.26. The van der Waals surface area contributed by atoms with Gasteiger partial charge in [-0.15, -0.1) is 11.8 Å². The summed E-state index contributed by atoms with van der Waals surface area (Å²) in [6.07, 6.45) is 1.63. The predicted octanol–water partition coefficient (Wildman–Crippen LogP) is 6.96. The van der Waals surface area contributed by atoms with Gasteiger partial charge in [-0.3, -0.25) is 14.4 Å². The van der Waals surface area contributed by atoms with E-state index in [1.165, 1.54) is 23.9 Å². The van der Waals surface area contributed by atoms with Gasteiger partial charge in [0.2, 0.25) is 5.91 Å². The topological polar surface area (TPSA) is 125 Å². The number of hydrogen-bond acceptors (Lipinski definition) is 5. The molecule has 0 atom stereocenters. The molecule has 0 unspecified atom stereocenters. The number of carbonyl (C=O) groups excluding carboxylic acids is 3. The van der Waals surface area contributed by atoms with Crippen LogP contribution < -0.4 is 16.0 Å². The third-order valence-electron chi connectivity index (χ3n) is 6.66. The minimum absolute atomic E-state index is 0.0683. The van der Waals surface area contributed by atoms with Crippen LogP contribution in [-0.4, -0.2) is 34.6 Å². The highest BCUT2D eigenvalue weighted by Gasteiger charge is 2.16. The number of anilines is 2. The van der Waals surface area contributed by atoms with Crippen molar-refractivity contribution in [2.45, 2.75) is 31.6 Å². The van der Waals surface area contributed by atoms with Crippen LogP contribution in [0.3, 0.4) is 0 Å². The molecule has 9 heteroatoms. The van der Waals surface area contributed by atoms with E-state index < -0.39 is 17.8 Å². The smallest absolute Gasteiger partial charge is 0.335 e. The minimum Gasteiger partial charge on any atom is -0.478 e. The Morgan fingerprint density at radius 1 is 0.818 bits per heavy atom. The molecule has 0 aliphatic heterocycles. The van der Waals surface area contributed by atoms with Gasteiger partial charge in [0.25, 0.3) is 11.8 Å². The van der Waals surface area contributed by atoms with Crippen LogP contribution in [0, 0.1) is 6.92 Å². The molecule has 224 valence electrons. The van der Waals surface area contributed by atoms with Crippen LogP contribution in [0.25, 0.3) is 6.08 Å². The first-order valence-electron chi connectivity index (χ1n) is 13.9. The molecule has 4 aromatic carbocycles. The number of rotatable bonds is 11. The van der Waals surface area contributed by atoms with Crippen LogP contribution in [0.5, 0.6) is 0 Å². The number of amides is 3. The van der Waals surface area contributed by atoms with E-state index in [0.29, 0.717) is 22.9 Å². The second-order valence-corrected chi connectivity index (χ2v) is 11.4. The molecule has 4 N–H and O–H groups in total. The van der Waals surface area contributed by atoms with Gasteiger partial charge in [0.15, 0.2) is 0 Å². The van der Waals surface area contributed by atoms with E-state index in [4.69, 9.17) is 0 Å². The van der Waals surface area contributed by atoms with Gasteiger partial charge in [-0.1, -0.05) is 68.4 Å². The van der Waals surface area contributed by atoms with E-state index >= 15 is 0 Å². The molecule has 4 rings (SSSR count). The lowest BCUT2D eigenvalue weighted by Crippen LogP contribution is -2.30. The molecular weight excluding hydrogens is 574 g/mol. The number of aryl methyl sites for hydroxylation is 1. The van der Waals surface area contributed by atoms with Gasteiger partial charge in [-0.25, -0.2) is 4.79 Å². The molecule has 44 heavy (non-hydrogen) atoms. The maximum atomic E-state index is 13.4. The van der Waals surface area contributed by atoms with E-state index in [1.54, 1.807) is 61.5 Å². The van der Waals surface area contributed by atoms with E-state index in [0.717, 1.165) is 21.6 Å². The van der Waals surface area contributed by atoms with Crippen LogP contribution in [-0.2, 0) is 9.59 Å². The van der Waals surface area contributed by atoms with Crippen LogP contribution in [0.15, 0.2) is 108 Å². The van der Waals surface area contributed by atoms with Crippen molar-refractivity contribution < 1.29 is 24.3 Å². The predicted molar refractivity (Wildman–Crippen MR) is 175 cm³/mol. The SMILES string of the molecule is Cc1ccc(C(=O)O)cc1NC(=O)CSc1cccc(NC(=O)/C(=C\c2ccc(C(C)C)cc2)NC(=O)c2ccccc2)c1. The molecule has 0 saturated heterocycles. The number of nitrogens with one attached hydrogen (secondary N) is 3. The average Bonchev–Trinajstić information content (AvgIpc) is 3.01. The van der Waals surface area contributed by atoms with Gasteiger partial charge in [0.05, 0.1) is 11.3 Å². The Hall–Kier alpha value is -5.15. The molecule has 0 saturated carbocycles. The molecule has 4 aromatic rings. The van der Waals surface area contributed by atoms with Gasteiger partial charge < -0.3 is 21.1 Å². The summed E-state index contributed by atoms with van der Waals surface area (Å²) in [7, 11) is 0. The summed E-state index contributed by atoms with van der Waals surface area (Å²) in [5.74, 6) is -1.86. The quantitative estimate of drug-likeness (QED) is 0.108. The van der Waals surface area contributed by atoms with E-state index in [1.807, 2.05) is 36.4 Å². The van der Waals surface area contributed by atoms with E-state index in [2.05, 4.69) is 29.8 Å². The molecule has 0 fully saturated rings. The number of thioether (sulfide) groups is 1. The zero-order valence-corrected chi connectivity index (χ0v) is 25.4. The molecule has 0 heterocycles. The molecule has 0 bridgehead atoms. The average molecular weight is 608 g/mol. The fourth-order valence-electron chi connectivity index (χ4n) is 4.17. The van der Waals surface area contributed by atoms with Crippen molar-refractivity contribution >= 4 is 52.9 Å². The van der Waals surface area contributed by atoms with Crippen molar-refractivity contribution in [2.24, 2.45) is 0 Å². The largest absolute Gasteiger partial charge is 0.478 e. The summed E-state index contributed by atoms with van der Waals surface area (Å²) in [6, 6.07) is 28.0. The number of carbonyl (C=O) groups is 4. The van der Waals surface area contributed by atoms with Crippen molar-refractivity contribution in [2.75, 3.05) is 16.4 Å². The minimum atomic E-state index is -1.07. The number of benzene rings is 4. The maximum absolute atomic E-state index is 13.4. The summed E-state index contributed by atoms with van der Waals surface area (Å²) in [4.78, 5) is 51.0. The van der Waals surface area contributed by atoms with Gasteiger partial charge in [0.1, 0.15) is 5.70 Å². The van der Waals surface area contributed by atoms with Crippen molar-refractivity contribution in [1.29, 1.82) is 0 Å². The number of aromatic carboxylic acids is 1. The fraction of sp³-hybridized carbons (Fsp3) is 0.143. The Kier molecular flexibility index (Phi) is 10.7. The van der Waals surface area contributed by atoms with Gasteiger partial charge in [-0.2, -0.15) is 0 Å². The second-order valence-electron chi connectivity index (χ2n) is 10.4. The lowest BCUT2D eigenvalue weighted by atomic mass is 10.0. The number of carboxylic acid groups (broad SMARTS) is 1. The van der Waals surface area contributed by atoms with Gasteiger partial charge in [-0.05, 0) is 78.1 Å². The third kappa shape index (κ3) is 8.92. The van der Waals surface area contributed by atoms with Crippen molar-refractivity contribution in [3.05, 3.63) is 131 Å². The van der Waals surface area contributed by atoms with E-state index in [-0.39, 0.29) is 22.9 Å². The van der Waals surface area contributed by atoms with Crippen LogP contribution in [0.1, 0.15) is 57.2 Å². The standard InChI is InChI=1S/C35H33N3O5S/c1-22(2)25-16-13-24(14-17-25)18-31(38-33(40)26-8-5-4-6-9-26)34(41)36-28-10-7-11-29(20-28)44-21-32(39)37-30-19-27(35(42)43)15-12-23(30)3/h4-20,22H,21H2,1-3H3,(H,36,41)(H,37,39)(H,38,40)(H,42,43)/b31-18+. The molecule has 0 aromatic heterocycles. The molecule has 8 nitrogen and oxygen atoms in total. The first kappa shape index (κ1) is 31.8. The monoisotopic (exact) mass is 607 g/mol. The summed E-state index contributed by atoms with van der Waals surface area (Å²) in [6.45, 7) is 5.99. The highest BCUT2D eigenvalue weighted by molar-refractivity contribution is 8.00. The Morgan fingerprint density at radius 3 is 2.23 bits per heavy atom. The van der Waals surface area contributed by atoms with Crippen molar-refractivity contribution in [3.63, 3.8) is 0 Å². The molecule has 0 spiro atoms. The maximum Gasteiger partial charge on any atom is 0.335 e. The molecule has 0 aliphatic carbocycles. The fourth-order valence-corrected chi connectivity index (χ4v) is 4.93. The van der Waals surface area contributed by atoms with Gasteiger partial charge >= 0.3 is 5.97 Å². The van der Waals surface area contributed by atoms with Crippen LogP contribution in [0.4, 0.5) is 11.4 Å². The summed E-state index contributed by atoms with van der Waals surface area (Å²) in [5.41, 5.74) is 4.17. The summed E-state index contributed by atoms with van der Waals surface area (Å²) in [5, 5.41) is 17.6. The Balaban J connectivity index is 1.46. The first-order chi connectivity index (χ1) is 21.1. The Labute approximate surface area is 260 Å². The Bertz CT molecular complexity index is 1700. The van der Waals surface area contributed by atoms with Crippen LogP contribution >= 0.6 is 11.8 Å². The highest BCUT2D eigenvalue weighted by atomic mass is 32.2. The molecule has 3 amide bonds. The van der Waals surface area contributed by atoms with Crippen LogP contribution in [0.2, 0.25) is 0 Å². The highest BCUT2D eigenvalue weighted by Crippen LogP contribution is 2.24. The second kappa shape index (κ2) is 14.8. The van der Waals surface area contributed by atoms with E-state index in [9.17, 15) is 24.3 Å². The summed E-state index contributed by atoms with van der Waals surface area (Å²) < 4.78 is 0. The number of carboxylic acids is 1. The molecular formula is C35H33N3O5S. The van der Waals surface area contributed by atoms with Crippen molar-refractivity contribution in [1.82, 2.24) is 5.32 Å². The van der Waals surface area contributed by atoms with Crippen molar-refractivity contribution in [3.8, 4) is 0 Å². The zero-order valence-electron chi connectivity index (χ0n) is 24.6. The number of hydrogen-bond donors (Lipinski definition) is 4. The zero-order chi connectivity index (χ0) is 31.6. The first-order valence-corrected chi connectivity index (χ1v) is 14.9. The Morgan fingerprint density at radius 2 is 1.55 bits per heavy atom. The lowest BCUT2D eigenvalue weighted by molar-refractivity contribution is -0.114. The lowest BCUT2D eigenvalue weighted by Gasteiger charge is -2.13. The normalized spacial score (nSPS) is 11.1. The molecule has 0 aliphatic rings. The molecule has 0 radical (unpaired) electrons.